The Kier molecular flexibility index (Phi) is 4.79. The molecule has 0 bridgehead atoms. The summed E-state index contributed by atoms with van der Waals surface area (Å²) in [4.78, 5) is 34.7. The van der Waals surface area contributed by atoms with Crippen LogP contribution in [0.25, 0.3) is 10.9 Å². The lowest BCUT2D eigenvalue weighted by Crippen LogP contribution is -2.26. The Morgan fingerprint density at radius 1 is 1.41 bits per heavy atom. The van der Waals surface area contributed by atoms with Gasteiger partial charge in [-0.25, -0.2) is 9.48 Å². The lowest BCUT2D eigenvalue weighted by atomic mass is 10.1. The second-order valence-corrected chi connectivity index (χ2v) is 4.28. The summed E-state index contributed by atoms with van der Waals surface area (Å²) in [5, 5.41) is 10.3. The summed E-state index contributed by atoms with van der Waals surface area (Å²) in [7, 11) is 2.72. The van der Waals surface area contributed by atoms with E-state index in [1.54, 1.807) is 0 Å². The van der Waals surface area contributed by atoms with Crippen LogP contribution >= 0.6 is 0 Å². The van der Waals surface area contributed by atoms with E-state index in [-0.39, 0.29) is 28.7 Å². The smallest absolute Gasteiger partial charge is 0.340 e. The largest absolute Gasteiger partial charge is 0.465 e. The quantitative estimate of drug-likeness (QED) is 0.580. The zero-order valence-corrected chi connectivity index (χ0v) is 12.0. The number of hydrogen-bond acceptors (Lipinski definition) is 7. The average molecular weight is 306 g/mol. The number of carbonyl (C=O) groups excluding carboxylic acids is 2. The number of aromatic nitrogens is 3. The molecule has 1 aromatic heterocycles. The molecule has 9 nitrogen and oxygen atoms in total. The molecule has 9 heteroatoms. The van der Waals surface area contributed by atoms with Crippen LogP contribution in [0.2, 0.25) is 0 Å². The van der Waals surface area contributed by atoms with Gasteiger partial charge in [-0.15, -0.1) is 5.10 Å². The van der Waals surface area contributed by atoms with Gasteiger partial charge in [0.15, 0.2) is 0 Å². The van der Waals surface area contributed by atoms with Gasteiger partial charge in [-0.05, 0) is 12.1 Å². The molecule has 1 N–H and O–H groups in total. The number of fused-ring (bicyclic) bond motifs is 1. The van der Waals surface area contributed by atoms with Crippen molar-refractivity contribution in [3.8, 4) is 0 Å². The van der Waals surface area contributed by atoms with E-state index in [4.69, 9.17) is 4.74 Å². The molecule has 2 rings (SSSR count). The molecule has 0 atom stereocenters. The van der Waals surface area contributed by atoms with Crippen molar-refractivity contribution in [1.82, 2.24) is 15.0 Å². The SMILES string of the molecule is COCCn1nnc2cc(C(=O)OC)c(NC=O)cc2c1=O. The molecule has 0 fully saturated rings. The van der Waals surface area contributed by atoms with E-state index in [0.29, 0.717) is 13.0 Å². The van der Waals surface area contributed by atoms with Gasteiger partial charge >= 0.3 is 5.97 Å². The predicted molar refractivity (Wildman–Crippen MR) is 76.7 cm³/mol. The van der Waals surface area contributed by atoms with E-state index in [1.807, 2.05) is 0 Å². The Morgan fingerprint density at radius 3 is 2.82 bits per heavy atom. The van der Waals surface area contributed by atoms with Crippen molar-refractivity contribution < 1.29 is 19.1 Å². The molecule has 0 radical (unpaired) electrons. The van der Waals surface area contributed by atoms with Gasteiger partial charge in [0.1, 0.15) is 5.52 Å². The van der Waals surface area contributed by atoms with Gasteiger partial charge in [0.2, 0.25) is 6.41 Å². The molecule has 0 saturated heterocycles. The van der Waals surface area contributed by atoms with E-state index in [9.17, 15) is 14.4 Å². The fourth-order valence-corrected chi connectivity index (χ4v) is 1.91. The molecule has 0 spiro atoms. The van der Waals surface area contributed by atoms with Crippen LogP contribution in [0.1, 0.15) is 10.4 Å². The number of carbonyl (C=O) groups is 2. The number of nitrogens with one attached hydrogen (secondary N) is 1. The highest BCUT2D eigenvalue weighted by Gasteiger charge is 2.16. The molecular weight excluding hydrogens is 292 g/mol. The van der Waals surface area contributed by atoms with Crippen LogP contribution in [0, 0.1) is 0 Å². The molecule has 1 amide bonds. The number of ether oxygens (including phenoxy) is 2. The Morgan fingerprint density at radius 2 is 2.18 bits per heavy atom. The highest BCUT2D eigenvalue weighted by Crippen LogP contribution is 2.21. The van der Waals surface area contributed by atoms with Gasteiger partial charge in [0.05, 0.1) is 36.9 Å². The maximum absolute atomic E-state index is 12.3. The van der Waals surface area contributed by atoms with E-state index >= 15 is 0 Å². The van der Waals surface area contributed by atoms with Gasteiger partial charge in [-0.1, -0.05) is 5.21 Å². The first kappa shape index (κ1) is 15.6. The number of benzene rings is 1. The van der Waals surface area contributed by atoms with Crippen LogP contribution in [0.5, 0.6) is 0 Å². The summed E-state index contributed by atoms with van der Waals surface area (Å²) in [5.74, 6) is -0.656. The first-order valence-corrected chi connectivity index (χ1v) is 6.31. The molecule has 0 aliphatic rings. The number of esters is 1. The molecular formula is C13H14N4O5. The van der Waals surface area contributed by atoms with E-state index in [2.05, 4.69) is 20.4 Å². The molecule has 0 unspecified atom stereocenters. The zero-order valence-electron chi connectivity index (χ0n) is 12.0. The van der Waals surface area contributed by atoms with Crippen molar-refractivity contribution in [2.75, 3.05) is 26.1 Å². The zero-order chi connectivity index (χ0) is 16.1. The van der Waals surface area contributed by atoms with Crippen LogP contribution in [-0.2, 0) is 20.8 Å². The Bertz CT molecular complexity index is 771. The van der Waals surface area contributed by atoms with E-state index in [0.717, 1.165) is 4.68 Å². The van der Waals surface area contributed by atoms with Crippen molar-refractivity contribution in [2.24, 2.45) is 0 Å². The maximum atomic E-state index is 12.3. The standard InChI is InChI=1S/C13H14N4O5/c1-21-4-3-17-12(19)8-5-10(14-7-18)9(13(20)22-2)6-11(8)15-16-17/h5-7H,3-4H2,1-2H3,(H,14,18). The van der Waals surface area contributed by atoms with E-state index in [1.165, 1.54) is 26.4 Å². The van der Waals surface area contributed by atoms with Gasteiger partial charge in [0.25, 0.3) is 5.56 Å². The molecule has 116 valence electrons. The molecule has 0 saturated carbocycles. The molecule has 1 heterocycles. The fraction of sp³-hybridized carbons (Fsp3) is 0.308. The molecule has 0 aliphatic heterocycles. The average Bonchev–Trinajstić information content (AvgIpc) is 2.54. The molecule has 0 aliphatic carbocycles. The van der Waals surface area contributed by atoms with Crippen molar-refractivity contribution >= 4 is 29.0 Å². The minimum atomic E-state index is -0.656. The topological polar surface area (TPSA) is 112 Å². The van der Waals surface area contributed by atoms with Crippen molar-refractivity contribution in [3.63, 3.8) is 0 Å². The first-order valence-electron chi connectivity index (χ1n) is 6.31. The fourth-order valence-electron chi connectivity index (χ4n) is 1.91. The normalized spacial score (nSPS) is 10.5. The van der Waals surface area contributed by atoms with Crippen LogP contribution in [-0.4, -0.2) is 48.2 Å². The summed E-state index contributed by atoms with van der Waals surface area (Å²) in [6, 6.07) is 2.72. The minimum absolute atomic E-state index is 0.0884. The highest BCUT2D eigenvalue weighted by molar-refractivity contribution is 6.02. The summed E-state index contributed by atoms with van der Waals surface area (Å²) < 4.78 is 10.7. The Labute approximate surface area is 124 Å². The number of methoxy groups -OCH3 is 2. The summed E-state index contributed by atoms with van der Waals surface area (Å²) in [6.07, 6.45) is 0.408. The number of amides is 1. The Balaban J connectivity index is 2.63. The van der Waals surface area contributed by atoms with Gasteiger partial charge < -0.3 is 14.8 Å². The van der Waals surface area contributed by atoms with Crippen molar-refractivity contribution in [1.29, 1.82) is 0 Å². The number of anilines is 1. The van der Waals surface area contributed by atoms with Crippen molar-refractivity contribution in [3.05, 3.63) is 28.0 Å². The molecule has 2 aromatic rings. The molecule has 1 aromatic carbocycles. The van der Waals surface area contributed by atoms with Crippen LogP contribution in [0.15, 0.2) is 16.9 Å². The minimum Gasteiger partial charge on any atom is -0.465 e. The number of rotatable bonds is 6. The third kappa shape index (κ3) is 2.93. The second-order valence-electron chi connectivity index (χ2n) is 4.28. The Hall–Kier alpha value is -2.81. The lowest BCUT2D eigenvalue weighted by Gasteiger charge is -2.09. The number of hydrogen-bond donors (Lipinski definition) is 1. The first-order chi connectivity index (χ1) is 10.6. The van der Waals surface area contributed by atoms with Gasteiger partial charge in [-0.3, -0.25) is 9.59 Å². The molecule has 22 heavy (non-hydrogen) atoms. The third-order valence-corrected chi connectivity index (χ3v) is 2.99. The van der Waals surface area contributed by atoms with Crippen LogP contribution in [0.4, 0.5) is 5.69 Å². The summed E-state index contributed by atoms with van der Waals surface area (Å²) in [5.41, 5.74) is 0.0890. The van der Waals surface area contributed by atoms with Crippen LogP contribution < -0.4 is 10.9 Å². The highest BCUT2D eigenvalue weighted by atomic mass is 16.5. The summed E-state index contributed by atoms with van der Waals surface area (Å²) >= 11 is 0. The van der Waals surface area contributed by atoms with Gasteiger partial charge in [-0.2, -0.15) is 0 Å². The van der Waals surface area contributed by atoms with E-state index < -0.39 is 11.5 Å². The maximum Gasteiger partial charge on any atom is 0.340 e. The lowest BCUT2D eigenvalue weighted by molar-refractivity contribution is -0.105. The predicted octanol–water partition coefficient (Wildman–Crippen LogP) is -0.207. The number of nitrogens with zero attached hydrogens (tertiary/aromatic N) is 3. The van der Waals surface area contributed by atoms with Crippen LogP contribution in [0.3, 0.4) is 0 Å². The van der Waals surface area contributed by atoms with Crippen molar-refractivity contribution in [2.45, 2.75) is 6.54 Å². The van der Waals surface area contributed by atoms with Gasteiger partial charge in [0, 0.05) is 7.11 Å². The monoisotopic (exact) mass is 306 g/mol. The summed E-state index contributed by atoms with van der Waals surface area (Å²) in [6.45, 7) is 0.549. The third-order valence-electron chi connectivity index (χ3n) is 2.99. The second kappa shape index (κ2) is 6.76.